The van der Waals surface area contributed by atoms with Gasteiger partial charge in [-0.3, -0.25) is 9.59 Å². The van der Waals surface area contributed by atoms with E-state index in [1.54, 1.807) is 6.92 Å². The fourth-order valence-corrected chi connectivity index (χ4v) is 10.5. The Hall–Kier alpha value is -3.54. The van der Waals surface area contributed by atoms with Crippen LogP contribution in [-0.4, -0.2) is 51.0 Å². The molecule has 368 valence electrons. The van der Waals surface area contributed by atoms with Gasteiger partial charge in [-0.05, 0) is 109 Å². The number of unbranched alkanes of at least 4 members (excludes halogenated alkanes) is 13. The van der Waals surface area contributed by atoms with Crippen LogP contribution >= 0.6 is 0 Å². The minimum Gasteiger partial charge on any atom is -0.462 e. The van der Waals surface area contributed by atoms with Gasteiger partial charge in [-0.2, -0.15) is 0 Å². The minimum absolute atomic E-state index is 0.0814. The maximum absolute atomic E-state index is 13.6. The monoisotopic (exact) mass is 909 g/mol. The van der Waals surface area contributed by atoms with Crippen molar-refractivity contribution in [2.24, 2.45) is 10.8 Å². The Morgan fingerprint density at radius 2 is 1.21 bits per heavy atom. The number of fused-ring (bicyclic) bond motifs is 1. The van der Waals surface area contributed by atoms with E-state index in [-0.39, 0.29) is 28.7 Å². The number of hydrogen-bond donors (Lipinski definition) is 2. The SMILES string of the molecule is CCCCCCCC/C=C\CCCCCCCCCC(=O)O[C@H]1CC(C)(C)[C@]2(CC(=O)/C(C)=C/C=C/C(C)=C/C=C/C=C(C)/C=C/C=C(\C)C=C=C3C(C)(C)C[C@H](O)C[C@@]3(C)O)O[C@]2(C)C1. The summed E-state index contributed by atoms with van der Waals surface area (Å²) in [5.74, 6) is -0.0271. The van der Waals surface area contributed by atoms with Crippen LogP contribution in [0, 0.1) is 10.8 Å². The van der Waals surface area contributed by atoms with Crippen LogP contribution in [0.1, 0.15) is 211 Å². The number of aliphatic hydroxyl groups excluding tert-OH is 1. The number of hydrogen-bond acceptors (Lipinski definition) is 6. The molecule has 0 unspecified atom stereocenters. The molecule has 0 spiro atoms. The molecule has 0 aromatic heterocycles. The normalized spacial score (nSPS) is 27.0. The highest BCUT2D eigenvalue weighted by molar-refractivity contribution is 5.96. The molecule has 1 heterocycles. The fourth-order valence-electron chi connectivity index (χ4n) is 10.5. The number of rotatable bonds is 28. The lowest BCUT2D eigenvalue weighted by Crippen LogP contribution is -2.49. The molecule has 3 aliphatic rings. The van der Waals surface area contributed by atoms with Crippen molar-refractivity contribution in [2.45, 2.75) is 240 Å². The Kier molecular flexibility index (Phi) is 23.6. The quantitative estimate of drug-likeness (QED) is 0.0154. The summed E-state index contributed by atoms with van der Waals surface area (Å²) >= 11 is 0. The van der Waals surface area contributed by atoms with Gasteiger partial charge in [0.25, 0.3) is 0 Å². The number of carbonyl (C=O) groups is 2. The molecule has 0 bridgehead atoms. The van der Waals surface area contributed by atoms with Crippen LogP contribution in [0.15, 0.2) is 113 Å². The van der Waals surface area contributed by atoms with Gasteiger partial charge in [-0.1, -0.05) is 183 Å². The number of ether oxygens (including phenoxy) is 2. The van der Waals surface area contributed by atoms with Crippen LogP contribution in [0.4, 0.5) is 0 Å². The number of allylic oxidation sites excluding steroid dienone is 16. The molecule has 2 saturated carbocycles. The highest BCUT2D eigenvalue weighted by atomic mass is 16.6. The highest BCUT2D eigenvalue weighted by Gasteiger charge is 2.76. The summed E-state index contributed by atoms with van der Waals surface area (Å²) in [5.41, 5.74) is 5.28. The second kappa shape index (κ2) is 27.5. The molecule has 66 heavy (non-hydrogen) atoms. The van der Waals surface area contributed by atoms with E-state index in [0.717, 1.165) is 35.1 Å². The van der Waals surface area contributed by atoms with Crippen molar-refractivity contribution in [3.05, 3.63) is 113 Å². The lowest BCUT2D eigenvalue weighted by molar-refractivity contribution is -0.153. The van der Waals surface area contributed by atoms with Crippen LogP contribution in [0.3, 0.4) is 0 Å². The van der Waals surface area contributed by atoms with E-state index >= 15 is 0 Å². The zero-order valence-electron chi connectivity index (χ0n) is 43.5. The van der Waals surface area contributed by atoms with Crippen molar-refractivity contribution in [3.63, 3.8) is 0 Å². The second-order valence-corrected chi connectivity index (χ2v) is 21.8. The van der Waals surface area contributed by atoms with Crippen LogP contribution in [0.25, 0.3) is 0 Å². The van der Waals surface area contributed by atoms with Crippen molar-refractivity contribution in [2.75, 3.05) is 0 Å². The Morgan fingerprint density at radius 3 is 1.77 bits per heavy atom. The number of carbonyl (C=O) groups excluding carboxylic acids is 2. The third-order valence-corrected chi connectivity index (χ3v) is 14.2. The number of esters is 1. The van der Waals surface area contributed by atoms with Gasteiger partial charge in [0, 0.05) is 36.7 Å². The van der Waals surface area contributed by atoms with Crippen molar-refractivity contribution in [1.82, 2.24) is 0 Å². The molecule has 1 aliphatic heterocycles. The van der Waals surface area contributed by atoms with Crippen LogP contribution < -0.4 is 0 Å². The zero-order chi connectivity index (χ0) is 48.9. The molecule has 3 rings (SSSR count). The maximum Gasteiger partial charge on any atom is 0.306 e. The van der Waals surface area contributed by atoms with Crippen LogP contribution in [0.2, 0.25) is 0 Å². The van der Waals surface area contributed by atoms with Gasteiger partial charge in [0.1, 0.15) is 11.7 Å². The largest absolute Gasteiger partial charge is 0.462 e. The second-order valence-electron chi connectivity index (χ2n) is 21.8. The van der Waals surface area contributed by atoms with Crippen molar-refractivity contribution < 1.29 is 29.3 Å². The Bertz CT molecular complexity index is 1860. The first kappa shape index (κ1) is 56.8. The Balaban J connectivity index is 1.36. The fraction of sp³-hybridized carbons (Fsp3) is 0.650. The van der Waals surface area contributed by atoms with Crippen molar-refractivity contribution in [3.8, 4) is 0 Å². The third-order valence-electron chi connectivity index (χ3n) is 14.2. The molecule has 6 heteroatoms. The van der Waals surface area contributed by atoms with Gasteiger partial charge < -0.3 is 19.7 Å². The van der Waals surface area contributed by atoms with Crippen LogP contribution in [0.5, 0.6) is 0 Å². The topological polar surface area (TPSA) is 96.4 Å². The van der Waals surface area contributed by atoms with Gasteiger partial charge in [-0.15, -0.1) is 5.73 Å². The first-order chi connectivity index (χ1) is 31.2. The molecule has 0 amide bonds. The van der Waals surface area contributed by atoms with Crippen molar-refractivity contribution >= 4 is 11.8 Å². The average molecular weight is 909 g/mol. The summed E-state index contributed by atoms with van der Waals surface area (Å²) in [6.45, 7) is 22.5. The van der Waals surface area contributed by atoms with E-state index in [1.165, 1.54) is 83.5 Å². The standard InChI is InChI=1S/C60H92O6/c1-12-13-14-15-16-17-18-19-20-21-22-23-24-25-26-27-28-39-55(63)65-52-44-57(8,9)60(59(11,45-52)66-60)46-53(62)50(5)38-32-37-48(3)34-30-29-33-47(2)35-31-36-49(4)40-41-54-56(6,7)42-51(61)43-58(54,10)64/h19-20,29-38,40,51-52,61,64H,12-18,21-28,39,42-46H2,1-11H3/b20-19-,30-29+,35-31+,37-32+,47-33+,48-34+,49-36+,50-38+/t41?,51-,52-,58+,59+,60-/m0/s1. The van der Waals surface area contributed by atoms with E-state index in [9.17, 15) is 19.8 Å². The summed E-state index contributed by atoms with van der Waals surface area (Å²) in [5, 5.41) is 21.1. The lowest BCUT2D eigenvalue weighted by atomic mass is 9.61. The Morgan fingerprint density at radius 1 is 0.682 bits per heavy atom. The summed E-state index contributed by atoms with van der Waals surface area (Å²) in [6, 6.07) is 0. The van der Waals surface area contributed by atoms with E-state index < -0.39 is 22.9 Å². The predicted molar refractivity (Wildman–Crippen MR) is 277 cm³/mol. The zero-order valence-corrected chi connectivity index (χ0v) is 43.5. The summed E-state index contributed by atoms with van der Waals surface area (Å²) in [6.07, 6.45) is 47.8. The molecule has 2 aliphatic carbocycles. The van der Waals surface area contributed by atoms with Gasteiger partial charge >= 0.3 is 5.97 Å². The molecule has 5 atom stereocenters. The molecule has 2 N–H and O–H groups in total. The average Bonchev–Trinajstić information content (AvgIpc) is 3.84. The molecule has 6 nitrogen and oxygen atoms in total. The molecule has 0 aromatic carbocycles. The molecule has 0 aromatic rings. The van der Waals surface area contributed by atoms with E-state index in [2.05, 4.69) is 52.5 Å². The highest BCUT2D eigenvalue weighted by Crippen LogP contribution is 2.67. The number of Topliss-reactive ketones (excluding diaryl/α,β-unsaturated/α-hetero) is 1. The molecule has 3 fully saturated rings. The number of epoxide rings is 1. The lowest BCUT2D eigenvalue weighted by Gasteiger charge is -2.43. The van der Waals surface area contributed by atoms with Gasteiger partial charge in [-0.25, -0.2) is 0 Å². The first-order valence-corrected chi connectivity index (χ1v) is 25.8. The summed E-state index contributed by atoms with van der Waals surface area (Å²) in [4.78, 5) is 26.4. The number of aliphatic hydroxyl groups is 2. The smallest absolute Gasteiger partial charge is 0.306 e. The van der Waals surface area contributed by atoms with E-state index in [1.807, 2.05) is 101 Å². The van der Waals surface area contributed by atoms with Crippen molar-refractivity contribution in [1.29, 1.82) is 0 Å². The predicted octanol–water partition coefficient (Wildman–Crippen LogP) is 15.5. The first-order valence-electron chi connectivity index (χ1n) is 25.8. The molecular weight excluding hydrogens is 817 g/mol. The van der Waals surface area contributed by atoms with Gasteiger partial charge in [0.2, 0.25) is 0 Å². The van der Waals surface area contributed by atoms with Gasteiger partial charge in [0.05, 0.1) is 17.3 Å². The van der Waals surface area contributed by atoms with Gasteiger partial charge in [0.15, 0.2) is 5.78 Å². The molecule has 0 radical (unpaired) electrons. The number of ketones is 1. The maximum atomic E-state index is 13.6. The minimum atomic E-state index is -1.08. The summed E-state index contributed by atoms with van der Waals surface area (Å²) < 4.78 is 12.5. The molecule has 1 saturated heterocycles. The summed E-state index contributed by atoms with van der Waals surface area (Å²) in [7, 11) is 0. The molecular formula is C60H92O6. The van der Waals surface area contributed by atoms with E-state index in [4.69, 9.17) is 9.47 Å². The van der Waals surface area contributed by atoms with Crippen LogP contribution in [-0.2, 0) is 19.1 Å². The Labute approximate surface area is 402 Å². The van der Waals surface area contributed by atoms with E-state index in [0.29, 0.717) is 44.1 Å². The third kappa shape index (κ3) is 18.9.